The Bertz CT molecular complexity index is 4270. The zero-order valence-electron chi connectivity index (χ0n) is 53.1. The minimum absolute atomic E-state index is 0.488. The Labute approximate surface area is 338 Å². The SMILES string of the molecule is [2H]c1c([2H])c([2H])c(-c2c([2H])c([2H])c3c(c2[2H])c2c([2H])c(-c4c([2H])c([2H])c([2H])c([2H])c4[2H])c([2H])c([2H])c2n3-c2nc(Cl)nc(-c3c([2H])c([2H])c([2H])c([2H])c3-n3c4c([2H])c([2H])c([2H])c([2H])c4c4c([2H])c([2H])c([2H])c([2H])c43)n2)c([2H])c1[2H]. The van der Waals surface area contributed by atoms with Crippen LogP contribution in [-0.2, 0) is 0 Å². The van der Waals surface area contributed by atoms with Crippen LogP contribution >= 0.6 is 11.6 Å². The van der Waals surface area contributed by atoms with E-state index < -0.39 is 263 Å². The van der Waals surface area contributed by atoms with Gasteiger partial charge in [-0.15, -0.1) is 0 Å². The van der Waals surface area contributed by atoms with Crippen molar-refractivity contribution in [1.82, 2.24) is 24.1 Å². The van der Waals surface area contributed by atoms with E-state index in [1.165, 1.54) is 0 Å². The molecule has 7 aromatic carbocycles. The molecule has 3 heterocycles. The van der Waals surface area contributed by atoms with E-state index >= 15 is 0 Å². The quantitative estimate of drug-likeness (QED) is 0.179. The largest absolute Gasteiger partial charge is 0.309 e. The summed E-state index contributed by atoms with van der Waals surface area (Å²) in [5.41, 5.74) is -7.22. The van der Waals surface area contributed by atoms with Crippen LogP contribution in [0.3, 0.4) is 0 Å². The third kappa shape index (κ3) is 4.82. The minimum atomic E-state index is -1.00. The number of aromatic nitrogens is 5. The number of hydrogen-bond acceptors (Lipinski definition) is 3. The van der Waals surface area contributed by atoms with E-state index in [1.807, 2.05) is 0 Å². The molecule has 3 aromatic heterocycles. The van der Waals surface area contributed by atoms with Crippen LogP contribution in [0.5, 0.6) is 0 Å². The summed E-state index contributed by atoms with van der Waals surface area (Å²) in [7, 11) is 0. The molecule has 0 aliphatic rings. The Morgan fingerprint density at radius 3 is 1.49 bits per heavy atom. The number of fused-ring (bicyclic) bond motifs is 6. The van der Waals surface area contributed by atoms with Crippen LogP contribution in [-0.4, -0.2) is 24.1 Å². The van der Waals surface area contributed by atoms with Gasteiger partial charge in [-0.2, -0.15) is 15.0 Å². The van der Waals surface area contributed by atoms with Crippen molar-refractivity contribution in [2.75, 3.05) is 0 Å². The van der Waals surface area contributed by atoms with Crippen molar-refractivity contribution in [3.05, 3.63) is 174 Å². The molecule has 0 aliphatic carbocycles. The number of rotatable bonds is 5. The first kappa shape index (κ1) is 12.6. The van der Waals surface area contributed by atoms with Crippen LogP contribution in [0.15, 0.2) is 169 Å². The summed E-state index contributed by atoms with van der Waals surface area (Å²) in [5, 5.41) is -3.15. The van der Waals surface area contributed by atoms with E-state index in [-0.39, 0.29) is 0 Å². The fourth-order valence-electron chi connectivity index (χ4n) is 5.64. The Morgan fingerprint density at radius 2 is 0.902 bits per heavy atom. The highest BCUT2D eigenvalue weighted by Crippen LogP contribution is 2.38. The summed E-state index contributed by atoms with van der Waals surface area (Å²) in [6.45, 7) is 0. The van der Waals surface area contributed by atoms with Crippen LogP contribution in [0, 0.1) is 0 Å². The molecule has 0 N–H and O–H groups in total. The molecule has 0 aliphatic heterocycles. The molecular formula is C45H28ClN5. The summed E-state index contributed by atoms with van der Waals surface area (Å²) in [6.07, 6.45) is 0. The number of benzene rings is 7. The molecule has 5 nitrogen and oxygen atoms in total. The van der Waals surface area contributed by atoms with Crippen LogP contribution < -0.4 is 0 Å². The standard InChI is InChI=1S/C45H28ClN5/c46-44-47-43(35-19-9-12-22-40(35)50-38-20-10-7-17-33(38)34-18-8-11-21-39(34)50)48-45(49-44)51-41-25-23-31(29-13-3-1-4-14-29)27-36(41)37-28-32(24-26-42(37)51)30-15-5-2-6-16-30/h1-28H/i1D,2D,3D,4D,5D,6D,7D,8D,9D,10D,11D,12D,13D,14D,15D,16D,17D,18D,19D,20D,21D,22D,23D,24D,25D,26D,27D,28D. The molecule has 240 valence electrons. The lowest BCUT2D eigenvalue weighted by Gasteiger charge is -2.14. The molecule has 0 radical (unpaired) electrons. The highest BCUT2D eigenvalue weighted by molar-refractivity contribution is 6.28. The molecule has 0 amide bonds. The number of nitrogens with zero attached hydrogens (tertiary/aromatic N) is 5. The third-order valence-corrected chi connectivity index (χ3v) is 7.90. The van der Waals surface area contributed by atoms with Crippen molar-refractivity contribution in [2.24, 2.45) is 0 Å². The first-order valence-corrected chi connectivity index (χ1v) is 15.0. The Balaban J connectivity index is 1.43. The summed E-state index contributed by atoms with van der Waals surface area (Å²) in [6, 6.07) is -25.7. The predicted molar refractivity (Wildman–Crippen MR) is 210 cm³/mol. The van der Waals surface area contributed by atoms with Gasteiger partial charge in [0.05, 0.1) is 66.1 Å². The van der Waals surface area contributed by atoms with E-state index in [0.29, 0.717) is 0 Å². The zero-order valence-corrected chi connectivity index (χ0v) is 25.9. The smallest absolute Gasteiger partial charge is 0.239 e. The molecule has 0 fully saturated rings. The molecule has 0 spiro atoms. The van der Waals surface area contributed by atoms with E-state index in [1.54, 1.807) is 0 Å². The molecular weight excluding hydrogens is 646 g/mol. The Morgan fingerprint density at radius 1 is 0.412 bits per heavy atom. The fraction of sp³-hybridized carbons (Fsp3) is 0. The van der Waals surface area contributed by atoms with E-state index in [4.69, 9.17) is 39.0 Å². The van der Waals surface area contributed by atoms with Crippen LogP contribution in [0.1, 0.15) is 38.4 Å². The lowest BCUT2D eigenvalue weighted by molar-refractivity contribution is 0.945. The summed E-state index contributed by atoms with van der Waals surface area (Å²) in [5.74, 6) is -1.73. The zero-order chi connectivity index (χ0) is 58.3. The lowest BCUT2D eigenvalue weighted by atomic mass is 10.0. The Hall–Kier alpha value is -6.56. The van der Waals surface area contributed by atoms with Crippen LogP contribution in [0.2, 0.25) is 5.28 Å². The van der Waals surface area contributed by atoms with E-state index in [2.05, 4.69) is 15.0 Å². The number of para-hydroxylation sites is 3. The van der Waals surface area contributed by atoms with Gasteiger partial charge in [0.1, 0.15) is 0 Å². The van der Waals surface area contributed by atoms with Gasteiger partial charge in [-0.25, -0.2) is 0 Å². The van der Waals surface area contributed by atoms with Gasteiger partial charge in [0.15, 0.2) is 5.82 Å². The summed E-state index contributed by atoms with van der Waals surface area (Å²) < 4.78 is 250. The van der Waals surface area contributed by atoms with Gasteiger partial charge in [0.2, 0.25) is 11.2 Å². The number of halogens is 1. The normalized spacial score (nSPS) is 19.3. The monoisotopic (exact) mass is 701 g/mol. The van der Waals surface area contributed by atoms with E-state index in [0.717, 1.165) is 9.13 Å². The second-order valence-corrected chi connectivity index (χ2v) is 10.9. The first-order valence-electron chi connectivity index (χ1n) is 28.6. The Kier molecular flexibility index (Phi) is 2.92. The second kappa shape index (κ2) is 11.8. The van der Waals surface area contributed by atoms with Crippen molar-refractivity contribution in [2.45, 2.75) is 0 Å². The molecule has 10 rings (SSSR count). The maximum absolute atomic E-state index is 9.74. The average molecular weight is 702 g/mol. The van der Waals surface area contributed by atoms with Crippen molar-refractivity contribution in [3.63, 3.8) is 0 Å². The van der Waals surface area contributed by atoms with Gasteiger partial charge in [0.25, 0.3) is 0 Å². The van der Waals surface area contributed by atoms with Gasteiger partial charge >= 0.3 is 0 Å². The van der Waals surface area contributed by atoms with Crippen LogP contribution in [0.25, 0.3) is 88.9 Å². The van der Waals surface area contributed by atoms with Gasteiger partial charge in [-0.05, 0) is 82.2 Å². The van der Waals surface area contributed by atoms with Crippen molar-refractivity contribution in [1.29, 1.82) is 0 Å². The topological polar surface area (TPSA) is 48.5 Å². The van der Waals surface area contributed by atoms with Crippen molar-refractivity contribution < 1.29 is 38.4 Å². The second-order valence-electron chi connectivity index (χ2n) is 10.5. The molecule has 6 heteroatoms. The van der Waals surface area contributed by atoms with Gasteiger partial charge in [-0.1, -0.05) is 121 Å². The van der Waals surface area contributed by atoms with Crippen molar-refractivity contribution >= 4 is 55.2 Å². The summed E-state index contributed by atoms with van der Waals surface area (Å²) >= 11 is 6.69. The molecule has 0 atom stereocenters. The molecule has 0 saturated carbocycles. The molecule has 0 saturated heterocycles. The molecule has 0 bridgehead atoms. The lowest BCUT2D eigenvalue weighted by Crippen LogP contribution is -2.06. The maximum atomic E-state index is 9.74. The minimum Gasteiger partial charge on any atom is -0.309 e. The van der Waals surface area contributed by atoms with Crippen molar-refractivity contribution in [3.8, 4) is 45.3 Å². The molecule has 10 aromatic rings. The first-order chi connectivity index (χ1) is 36.9. The number of hydrogen-bond donors (Lipinski definition) is 0. The van der Waals surface area contributed by atoms with Gasteiger partial charge < -0.3 is 4.57 Å². The third-order valence-electron chi connectivity index (χ3n) is 7.73. The predicted octanol–water partition coefficient (Wildman–Crippen LogP) is 11.7. The average Bonchev–Trinajstić information content (AvgIpc) is 4.02. The van der Waals surface area contributed by atoms with E-state index in [9.17, 15) is 11.0 Å². The fourth-order valence-corrected chi connectivity index (χ4v) is 5.80. The highest BCUT2D eigenvalue weighted by atomic mass is 35.5. The van der Waals surface area contributed by atoms with Gasteiger partial charge in [0, 0.05) is 27.1 Å². The van der Waals surface area contributed by atoms with Crippen LogP contribution in [0.4, 0.5) is 0 Å². The summed E-state index contributed by atoms with van der Waals surface area (Å²) in [4.78, 5) is 12.9. The van der Waals surface area contributed by atoms with Gasteiger partial charge in [-0.3, -0.25) is 4.57 Å². The maximum Gasteiger partial charge on any atom is 0.239 e. The highest BCUT2D eigenvalue weighted by Gasteiger charge is 2.21. The molecule has 51 heavy (non-hydrogen) atoms. The molecule has 0 unspecified atom stereocenters.